The highest BCUT2D eigenvalue weighted by Gasteiger charge is 2.29. The van der Waals surface area contributed by atoms with Crippen LogP contribution in [0.5, 0.6) is 0 Å². The van der Waals surface area contributed by atoms with Gasteiger partial charge in [0.25, 0.3) is 0 Å². The average molecular weight is 412 g/mol. The second-order valence-electron chi connectivity index (χ2n) is 6.91. The molecule has 0 radical (unpaired) electrons. The van der Waals surface area contributed by atoms with Crippen LogP contribution >= 0.6 is 0 Å². The number of benzene rings is 1. The molecule has 1 atom stereocenters. The molecule has 8 nitrogen and oxygen atoms in total. The molecule has 1 heterocycles. The van der Waals surface area contributed by atoms with Crippen LogP contribution in [0.15, 0.2) is 29.2 Å². The van der Waals surface area contributed by atoms with Gasteiger partial charge in [-0.05, 0) is 30.0 Å². The van der Waals surface area contributed by atoms with Crippen LogP contribution in [0.25, 0.3) is 0 Å². The Balaban J connectivity index is 1.89. The maximum Gasteiger partial charge on any atom is 0.325 e. The van der Waals surface area contributed by atoms with Crippen LogP contribution in [-0.2, 0) is 24.3 Å². The first kappa shape index (κ1) is 22.3. The number of methoxy groups -OCH3 is 1. The summed E-state index contributed by atoms with van der Waals surface area (Å²) in [6, 6.07) is 7.10. The highest BCUT2D eigenvalue weighted by Crippen LogP contribution is 2.23. The molecule has 28 heavy (non-hydrogen) atoms. The normalized spacial score (nSPS) is 17.1. The predicted molar refractivity (Wildman–Crippen MR) is 105 cm³/mol. The Labute approximate surface area is 166 Å². The van der Waals surface area contributed by atoms with E-state index >= 15 is 0 Å². The number of carbonyl (C=O) groups excluding carboxylic acids is 2. The van der Waals surface area contributed by atoms with Gasteiger partial charge in [0.1, 0.15) is 6.54 Å². The smallest absolute Gasteiger partial charge is 0.325 e. The summed E-state index contributed by atoms with van der Waals surface area (Å²) in [6.45, 7) is 5.71. The summed E-state index contributed by atoms with van der Waals surface area (Å²) in [5.41, 5.74) is 1.13. The van der Waals surface area contributed by atoms with Gasteiger partial charge in [-0.2, -0.15) is 4.31 Å². The van der Waals surface area contributed by atoms with Crippen molar-refractivity contribution in [2.24, 2.45) is 0 Å². The van der Waals surface area contributed by atoms with Gasteiger partial charge in [-0.1, -0.05) is 26.0 Å². The number of piperazine rings is 1. The second-order valence-corrected chi connectivity index (χ2v) is 8.85. The monoisotopic (exact) mass is 411 g/mol. The Kier molecular flexibility index (Phi) is 7.97. The molecule has 0 spiro atoms. The van der Waals surface area contributed by atoms with Crippen molar-refractivity contribution in [2.75, 3.05) is 46.4 Å². The lowest BCUT2D eigenvalue weighted by Crippen LogP contribution is -2.51. The summed E-state index contributed by atoms with van der Waals surface area (Å²) in [6.07, 6.45) is 1.00. The Morgan fingerprint density at radius 1 is 1.14 bits per heavy atom. The summed E-state index contributed by atoms with van der Waals surface area (Å²) in [4.78, 5) is 25.1. The topological polar surface area (TPSA) is 96.0 Å². The molecule has 0 unspecified atom stereocenters. The van der Waals surface area contributed by atoms with Crippen LogP contribution in [0.2, 0.25) is 0 Å². The molecule has 0 saturated carbocycles. The van der Waals surface area contributed by atoms with E-state index < -0.39 is 16.0 Å². The Bertz CT molecular complexity index is 771. The number of hydrogen-bond donors (Lipinski definition) is 1. The summed E-state index contributed by atoms with van der Waals surface area (Å²) < 4.78 is 31.6. The zero-order valence-corrected chi connectivity index (χ0v) is 17.5. The van der Waals surface area contributed by atoms with Gasteiger partial charge < -0.3 is 10.1 Å². The fourth-order valence-electron chi connectivity index (χ4n) is 2.98. The van der Waals surface area contributed by atoms with Crippen molar-refractivity contribution < 1.29 is 22.7 Å². The molecule has 1 fully saturated rings. The first-order valence-electron chi connectivity index (χ1n) is 9.44. The molecule has 156 valence electrons. The maximum atomic E-state index is 12.9. The molecule has 1 aliphatic rings. The van der Waals surface area contributed by atoms with Crippen LogP contribution in [0, 0.1) is 0 Å². The molecule has 1 N–H and O–H groups in total. The lowest BCUT2D eigenvalue weighted by molar-refractivity contribution is -0.141. The van der Waals surface area contributed by atoms with Gasteiger partial charge in [0, 0.05) is 26.2 Å². The molecule has 0 aliphatic carbocycles. The van der Waals surface area contributed by atoms with E-state index in [9.17, 15) is 18.0 Å². The van der Waals surface area contributed by atoms with Crippen LogP contribution in [-0.4, -0.2) is 75.9 Å². The molecule has 0 aromatic heterocycles. The van der Waals surface area contributed by atoms with Crippen molar-refractivity contribution in [2.45, 2.75) is 31.1 Å². The van der Waals surface area contributed by atoms with E-state index in [-0.39, 0.29) is 19.0 Å². The fourth-order valence-corrected chi connectivity index (χ4v) is 4.41. The van der Waals surface area contributed by atoms with Crippen molar-refractivity contribution in [1.29, 1.82) is 0 Å². The third-order valence-electron chi connectivity index (χ3n) is 5.06. The number of carbonyl (C=O) groups is 2. The quantitative estimate of drug-likeness (QED) is 0.636. The van der Waals surface area contributed by atoms with Crippen molar-refractivity contribution in [3.8, 4) is 0 Å². The van der Waals surface area contributed by atoms with Gasteiger partial charge in [0.2, 0.25) is 15.9 Å². The van der Waals surface area contributed by atoms with Gasteiger partial charge in [0.05, 0.1) is 18.6 Å². The SMILES string of the molecule is CC[C@@H](C)c1ccc(S(=O)(=O)N2CCN(CC(=O)NCC(=O)OC)CC2)cc1. The van der Waals surface area contributed by atoms with Crippen molar-refractivity contribution in [3.63, 3.8) is 0 Å². The molecule has 1 aromatic carbocycles. The van der Waals surface area contributed by atoms with E-state index in [1.54, 1.807) is 12.1 Å². The third-order valence-corrected chi connectivity index (χ3v) is 6.97. The lowest BCUT2D eigenvalue weighted by atomic mass is 9.99. The van der Waals surface area contributed by atoms with Crippen LogP contribution in [0.3, 0.4) is 0 Å². The zero-order valence-electron chi connectivity index (χ0n) is 16.7. The van der Waals surface area contributed by atoms with Crippen molar-refractivity contribution in [1.82, 2.24) is 14.5 Å². The lowest BCUT2D eigenvalue weighted by Gasteiger charge is -2.33. The highest BCUT2D eigenvalue weighted by atomic mass is 32.2. The number of nitrogens with one attached hydrogen (secondary N) is 1. The minimum absolute atomic E-state index is 0.120. The fraction of sp³-hybridized carbons (Fsp3) is 0.579. The number of sulfonamides is 1. The highest BCUT2D eigenvalue weighted by molar-refractivity contribution is 7.89. The van der Waals surface area contributed by atoms with E-state index in [1.807, 2.05) is 17.0 Å². The summed E-state index contributed by atoms with van der Waals surface area (Å²) in [5, 5.41) is 2.48. The maximum absolute atomic E-state index is 12.9. The van der Waals surface area contributed by atoms with Gasteiger partial charge in [-0.25, -0.2) is 8.42 Å². The number of amides is 1. The van der Waals surface area contributed by atoms with Gasteiger partial charge in [0.15, 0.2) is 0 Å². The van der Waals surface area contributed by atoms with E-state index in [2.05, 4.69) is 23.9 Å². The Morgan fingerprint density at radius 3 is 2.29 bits per heavy atom. The van der Waals surface area contributed by atoms with Gasteiger partial charge in [-0.3, -0.25) is 14.5 Å². The van der Waals surface area contributed by atoms with Crippen molar-refractivity contribution >= 4 is 21.9 Å². The minimum atomic E-state index is -3.54. The number of ether oxygens (including phenoxy) is 1. The third kappa shape index (κ3) is 5.76. The number of rotatable bonds is 8. The number of esters is 1. The second kappa shape index (κ2) is 9.99. The van der Waals surface area contributed by atoms with Gasteiger partial charge >= 0.3 is 5.97 Å². The zero-order chi connectivity index (χ0) is 20.7. The molecule has 1 saturated heterocycles. The van der Waals surface area contributed by atoms with Crippen LogP contribution < -0.4 is 5.32 Å². The van der Waals surface area contributed by atoms with E-state index in [1.165, 1.54) is 11.4 Å². The molecular weight excluding hydrogens is 382 g/mol. The minimum Gasteiger partial charge on any atom is -0.468 e. The summed E-state index contributed by atoms with van der Waals surface area (Å²) in [5.74, 6) is -0.406. The van der Waals surface area contributed by atoms with E-state index in [4.69, 9.17) is 0 Å². The molecule has 1 amide bonds. The first-order valence-corrected chi connectivity index (χ1v) is 10.9. The number of hydrogen-bond acceptors (Lipinski definition) is 6. The van der Waals surface area contributed by atoms with Crippen LogP contribution in [0.4, 0.5) is 0 Å². The molecule has 1 aromatic rings. The first-order chi connectivity index (χ1) is 13.3. The Morgan fingerprint density at radius 2 is 1.75 bits per heavy atom. The van der Waals surface area contributed by atoms with E-state index in [0.717, 1.165) is 12.0 Å². The van der Waals surface area contributed by atoms with Gasteiger partial charge in [-0.15, -0.1) is 0 Å². The Hall–Kier alpha value is -1.97. The van der Waals surface area contributed by atoms with Crippen LogP contribution in [0.1, 0.15) is 31.7 Å². The number of nitrogens with zero attached hydrogens (tertiary/aromatic N) is 2. The van der Waals surface area contributed by atoms with E-state index in [0.29, 0.717) is 37.0 Å². The predicted octanol–water partition coefficient (Wildman–Crippen LogP) is 0.796. The largest absolute Gasteiger partial charge is 0.468 e. The summed E-state index contributed by atoms with van der Waals surface area (Å²) in [7, 11) is -2.29. The standard InChI is InChI=1S/C19H29N3O5S/c1-4-15(2)16-5-7-17(8-6-16)28(25,26)22-11-9-21(10-12-22)14-18(23)20-13-19(24)27-3/h5-8,15H,4,9-14H2,1-3H3,(H,20,23)/t15-/m1/s1. The molecule has 1 aliphatic heterocycles. The van der Waals surface area contributed by atoms with Crippen molar-refractivity contribution in [3.05, 3.63) is 29.8 Å². The molecule has 0 bridgehead atoms. The molecular formula is C19H29N3O5S. The average Bonchev–Trinajstić information content (AvgIpc) is 2.71. The summed E-state index contributed by atoms with van der Waals surface area (Å²) >= 11 is 0. The molecule has 9 heteroatoms. The molecule has 2 rings (SSSR count).